The van der Waals surface area contributed by atoms with Crippen LogP contribution in [0.4, 0.5) is 0 Å². The number of hydrogen-bond acceptors (Lipinski definition) is 4. The van der Waals surface area contributed by atoms with E-state index in [1.165, 1.54) is 10.6 Å². The van der Waals surface area contributed by atoms with Crippen molar-refractivity contribution in [1.82, 2.24) is 15.1 Å². The Hall–Kier alpha value is -1.33. The number of nitrogens with one attached hydrogen (secondary N) is 1. The summed E-state index contributed by atoms with van der Waals surface area (Å²) >= 11 is 1.73. The van der Waals surface area contributed by atoms with Gasteiger partial charge in [0.25, 0.3) is 0 Å². The molecule has 2 aromatic heterocycles. The Morgan fingerprint density at radius 3 is 2.95 bits per heavy atom. The average molecular weight is 279 g/mol. The number of hydrogen-bond donors (Lipinski definition) is 1. The van der Waals surface area contributed by atoms with Crippen molar-refractivity contribution in [3.8, 4) is 5.75 Å². The molecule has 0 saturated carbocycles. The number of likely N-dealkylation sites (N-methyl/N-ethyl adjacent to an activating group) is 1. The first-order valence-electron chi connectivity index (χ1n) is 6.51. The summed E-state index contributed by atoms with van der Waals surface area (Å²) in [5.41, 5.74) is 2.33. The number of aromatic nitrogens is 2. The molecule has 0 bridgehead atoms. The average Bonchev–Trinajstić information content (AvgIpc) is 3.01. The molecule has 1 unspecified atom stereocenters. The van der Waals surface area contributed by atoms with E-state index in [-0.39, 0.29) is 6.04 Å². The van der Waals surface area contributed by atoms with Crippen LogP contribution in [0.3, 0.4) is 0 Å². The minimum absolute atomic E-state index is 0.261. The highest BCUT2D eigenvalue weighted by atomic mass is 32.1. The van der Waals surface area contributed by atoms with Gasteiger partial charge in [-0.3, -0.25) is 4.68 Å². The Balaban J connectivity index is 2.23. The summed E-state index contributed by atoms with van der Waals surface area (Å²) in [7, 11) is 3.71. The van der Waals surface area contributed by atoms with Gasteiger partial charge in [-0.1, -0.05) is 0 Å². The van der Waals surface area contributed by atoms with Gasteiger partial charge < -0.3 is 10.1 Å². The van der Waals surface area contributed by atoms with Gasteiger partial charge in [-0.2, -0.15) is 5.10 Å². The predicted octanol–water partition coefficient (Wildman–Crippen LogP) is 2.78. The maximum absolute atomic E-state index is 5.42. The molecule has 104 valence electrons. The summed E-state index contributed by atoms with van der Waals surface area (Å²) < 4.78 is 7.48. The number of nitrogens with zero attached hydrogens (tertiary/aromatic N) is 2. The van der Waals surface area contributed by atoms with E-state index < -0.39 is 0 Å². The fourth-order valence-electron chi connectivity index (χ4n) is 2.30. The van der Waals surface area contributed by atoms with Gasteiger partial charge in [-0.05, 0) is 38.4 Å². The van der Waals surface area contributed by atoms with Gasteiger partial charge >= 0.3 is 0 Å². The van der Waals surface area contributed by atoms with Crippen molar-refractivity contribution >= 4 is 11.3 Å². The lowest BCUT2D eigenvalue weighted by molar-refractivity contribution is 0.404. The van der Waals surface area contributed by atoms with Crippen LogP contribution in [-0.4, -0.2) is 23.9 Å². The smallest absolute Gasteiger partial charge is 0.134 e. The quantitative estimate of drug-likeness (QED) is 0.883. The standard InChI is InChI=1S/C14H21N3OS/c1-5-17-11(8-10(2)16-17)9-12(15-3)14-13(18-4)6-7-19-14/h6-8,12,15H,5,9H2,1-4H3. The minimum atomic E-state index is 0.261. The van der Waals surface area contributed by atoms with Crippen molar-refractivity contribution in [3.05, 3.63) is 33.8 Å². The molecule has 0 aromatic carbocycles. The van der Waals surface area contributed by atoms with Gasteiger partial charge in [0.05, 0.1) is 23.7 Å². The Morgan fingerprint density at radius 2 is 2.32 bits per heavy atom. The van der Waals surface area contributed by atoms with Gasteiger partial charge in [-0.15, -0.1) is 11.3 Å². The SMILES string of the molecule is CCn1nc(C)cc1CC(NC)c1sccc1OC. The number of ether oxygens (including phenoxy) is 1. The third-order valence-electron chi connectivity index (χ3n) is 3.24. The van der Waals surface area contributed by atoms with Crippen LogP contribution >= 0.6 is 11.3 Å². The van der Waals surface area contributed by atoms with Crippen LogP contribution in [0.1, 0.15) is 29.2 Å². The van der Waals surface area contributed by atoms with Crippen molar-refractivity contribution in [1.29, 1.82) is 0 Å². The molecule has 2 heterocycles. The topological polar surface area (TPSA) is 39.1 Å². The number of methoxy groups -OCH3 is 1. The fraction of sp³-hybridized carbons (Fsp3) is 0.500. The van der Waals surface area contributed by atoms with Crippen molar-refractivity contribution < 1.29 is 4.74 Å². The Labute approximate surface area is 118 Å². The molecule has 0 saturated heterocycles. The summed E-state index contributed by atoms with van der Waals surface area (Å²) in [6.45, 7) is 5.06. The lowest BCUT2D eigenvalue weighted by Crippen LogP contribution is -2.20. The molecule has 1 N–H and O–H groups in total. The van der Waals surface area contributed by atoms with E-state index in [2.05, 4.69) is 33.5 Å². The van der Waals surface area contributed by atoms with Crippen molar-refractivity contribution in [2.24, 2.45) is 0 Å². The predicted molar refractivity (Wildman–Crippen MR) is 79.0 cm³/mol. The van der Waals surface area contributed by atoms with Crippen LogP contribution in [-0.2, 0) is 13.0 Å². The zero-order chi connectivity index (χ0) is 13.8. The molecular weight excluding hydrogens is 258 g/mol. The number of aryl methyl sites for hydroxylation is 2. The molecule has 4 nitrogen and oxygen atoms in total. The Kier molecular flexibility index (Phi) is 4.61. The first-order chi connectivity index (χ1) is 9.19. The second-order valence-corrected chi connectivity index (χ2v) is 5.44. The maximum Gasteiger partial charge on any atom is 0.134 e. The first kappa shape index (κ1) is 14.1. The number of rotatable bonds is 6. The molecule has 1 atom stereocenters. The number of thiophene rings is 1. The molecule has 0 aliphatic carbocycles. The van der Waals surface area contributed by atoms with Crippen molar-refractivity contribution in [2.75, 3.05) is 14.2 Å². The van der Waals surface area contributed by atoms with Crippen LogP contribution in [0, 0.1) is 6.92 Å². The normalized spacial score (nSPS) is 12.6. The zero-order valence-corrected chi connectivity index (χ0v) is 12.8. The molecule has 2 aromatic rings. The van der Waals surface area contributed by atoms with Gasteiger partial charge in [0.1, 0.15) is 5.75 Å². The van der Waals surface area contributed by atoms with E-state index in [1.807, 2.05) is 20.0 Å². The van der Waals surface area contributed by atoms with E-state index in [4.69, 9.17) is 4.74 Å². The van der Waals surface area contributed by atoms with Crippen LogP contribution in [0.15, 0.2) is 17.5 Å². The molecule has 0 aliphatic heterocycles. The third-order valence-corrected chi connectivity index (χ3v) is 4.25. The fourth-order valence-corrected chi connectivity index (χ4v) is 3.28. The van der Waals surface area contributed by atoms with E-state index in [1.54, 1.807) is 18.4 Å². The third kappa shape index (κ3) is 2.98. The van der Waals surface area contributed by atoms with Gasteiger partial charge in [0.2, 0.25) is 0 Å². The summed E-state index contributed by atoms with van der Waals surface area (Å²) in [6, 6.07) is 4.44. The summed E-state index contributed by atoms with van der Waals surface area (Å²) in [5.74, 6) is 0.962. The van der Waals surface area contributed by atoms with Crippen LogP contribution in [0.5, 0.6) is 5.75 Å². The summed E-state index contributed by atoms with van der Waals surface area (Å²) in [5, 5.41) is 9.95. The van der Waals surface area contributed by atoms with E-state index in [9.17, 15) is 0 Å². The van der Waals surface area contributed by atoms with Crippen LogP contribution < -0.4 is 10.1 Å². The molecule has 5 heteroatoms. The summed E-state index contributed by atoms with van der Waals surface area (Å²) in [4.78, 5) is 1.24. The summed E-state index contributed by atoms with van der Waals surface area (Å²) in [6.07, 6.45) is 0.919. The van der Waals surface area contributed by atoms with Crippen molar-refractivity contribution in [2.45, 2.75) is 32.9 Å². The first-order valence-corrected chi connectivity index (χ1v) is 7.39. The highest BCUT2D eigenvalue weighted by Crippen LogP contribution is 2.32. The van der Waals surface area contributed by atoms with E-state index >= 15 is 0 Å². The van der Waals surface area contributed by atoms with Crippen LogP contribution in [0.25, 0.3) is 0 Å². The minimum Gasteiger partial charge on any atom is -0.496 e. The largest absolute Gasteiger partial charge is 0.496 e. The second kappa shape index (κ2) is 6.21. The second-order valence-electron chi connectivity index (χ2n) is 4.49. The van der Waals surface area contributed by atoms with E-state index in [0.717, 1.165) is 24.4 Å². The lowest BCUT2D eigenvalue weighted by atomic mass is 10.1. The molecule has 0 spiro atoms. The molecule has 2 rings (SSSR count). The molecule has 0 fully saturated rings. The highest BCUT2D eigenvalue weighted by Gasteiger charge is 2.18. The molecular formula is C14H21N3OS. The monoisotopic (exact) mass is 279 g/mol. The van der Waals surface area contributed by atoms with E-state index in [0.29, 0.717) is 0 Å². The molecule has 0 aliphatic rings. The maximum atomic E-state index is 5.42. The van der Waals surface area contributed by atoms with Gasteiger partial charge in [-0.25, -0.2) is 0 Å². The highest BCUT2D eigenvalue weighted by molar-refractivity contribution is 7.10. The van der Waals surface area contributed by atoms with Crippen molar-refractivity contribution in [3.63, 3.8) is 0 Å². The van der Waals surface area contributed by atoms with Gasteiger partial charge in [0.15, 0.2) is 0 Å². The Morgan fingerprint density at radius 1 is 1.53 bits per heavy atom. The van der Waals surface area contributed by atoms with Gasteiger partial charge in [0, 0.05) is 18.7 Å². The zero-order valence-electron chi connectivity index (χ0n) is 11.9. The molecule has 0 amide bonds. The molecule has 0 radical (unpaired) electrons. The molecule has 19 heavy (non-hydrogen) atoms. The Bertz CT molecular complexity index is 533. The lowest BCUT2D eigenvalue weighted by Gasteiger charge is -2.16. The van der Waals surface area contributed by atoms with Crippen LogP contribution in [0.2, 0.25) is 0 Å².